The highest BCUT2D eigenvalue weighted by molar-refractivity contribution is 6.34. The van der Waals surface area contributed by atoms with Gasteiger partial charge in [0.25, 0.3) is 0 Å². The topological polar surface area (TPSA) is 35.2 Å². The average molecular weight is 220 g/mol. The van der Waals surface area contributed by atoms with Crippen LogP contribution in [-0.2, 0) is 4.84 Å². The van der Waals surface area contributed by atoms with E-state index in [9.17, 15) is 0 Å². The van der Waals surface area contributed by atoms with Crippen molar-refractivity contribution in [2.45, 2.75) is 12.8 Å². The van der Waals surface area contributed by atoms with Gasteiger partial charge in [-0.1, -0.05) is 30.1 Å². The first-order valence-corrected chi connectivity index (χ1v) is 4.66. The molecule has 0 aliphatic carbocycles. The molecule has 2 nitrogen and oxygen atoms in total. The van der Waals surface area contributed by atoms with Gasteiger partial charge in [-0.3, -0.25) is 0 Å². The van der Waals surface area contributed by atoms with E-state index in [4.69, 9.17) is 29.1 Å². The molecule has 0 aromatic heterocycles. The van der Waals surface area contributed by atoms with Crippen LogP contribution in [0.5, 0.6) is 0 Å². The summed E-state index contributed by atoms with van der Waals surface area (Å²) in [6.45, 7) is 2.45. The largest absolute Gasteiger partial charge is 0.304 e. The van der Waals surface area contributed by atoms with Crippen molar-refractivity contribution in [2.75, 3.05) is 6.61 Å². The van der Waals surface area contributed by atoms with Crippen molar-refractivity contribution in [3.05, 3.63) is 33.8 Å². The number of hydrogen-bond donors (Lipinski definition) is 1. The number of halogens is 2. The zero-order valence-corrected chi connectivity index (χ0v) is 8.77. The van der Waals surface area contributed by atoms with Gasteiger partial charge in [-0.25, -0.2) is 5.90 Å². The van der Waals surface area contributed by atoms with Gasteiger partial charge in [0, 0.05) is 16.0 Å². The molecule has 1 rings (SSSR count). The Bertz CT molecular complexity index is 271. The fourth-order valence-electron chi connectivity index (χ4n) is 1.10. The van der Waals surface area contributed by atoms with E-state index in [-0.39, 0.29) is 5.92 Å². The van der Waals surface area contributed by atoms with Crippen molar-refractivity contribution in [1.82, 2.24) is 0 Å². The van der Waals surface area contributed by atoms with Crippen LogP contribution in [0.1, 0.15) is 18.4 Å². The summed E-state index contributed by atoms with van der Waals surface area (Å²) in [6, 6.07) is 5.41. The SMILES string of the molecule is CC(CON)c1cc(Cl)cc(Cl)c1. The summed E-state index contributed by atoms with van der Waals surface area (Å²) >= 11 is 11.7. The van der Waals surface area contributed by atoms with Gasteiger partial charge >= 0.3 is 0 Å². The van der Waals surface area contributed by atoms with E-state index in [2.05, 4.69) is 4.84 Å². The minimum absolute atomic E-state index is 0.196. The molecule has 0 aliphatic rings. The molecule has 2 N–H and O–H groups in total. The second kappa shape index (κ2) is 4.82. The van der Waals surface area contributed by atoms with Crippen molar-refractivity contribution >= 4 is 23.2 Å². The summed E-state index contributed by atoms with van der Waals surface area (Å²) in [6.07, 6.45) is 0. The molecule has 0 radical (unpaired) electrons. The zero-order chi connectivity index (χ0) is 9.84. The maximum Gasteiger partial charge on any atom is 0.0745 e. The zero-order valence-electron chi connectivity index (χ0n) is 7.26. The lowest BCUT2D eigenvalue weighted by molar-refractivity contribution is 0.126. The van der Waals surface area contributed by atoms with Crippen molar-refractivity contribution < 1.29 is 4.84 Å². The second-order valence-electron chi connectivity index (χ2n) is 2.94. The third-order valence-electron chi connectivity index (χ3n) is 1.80. The molecule has 0 spiro atoms. The van der Waals surface area contributed by atoms with Crippen LogP contribution in [-0.4, -0.2) is 6.61 Å². The fraction of sp³-hybridized carbons (Fsp3) is 0.333. The Morgan fingerprint density at radius 3 is 2.31 bits per heavy atom. The third-order valence-corrected chi connectivity index (χ3v) is 2.24. The summed E-state index contributed by atoms with van der Waals surface area (Å²) in [7, 11) is 0. The summed E-state index contributed by atoms with van der Waals surface area (Å²) < 4.78 is 0. The van der Waals surface area contributed by atoms with Crippen LogP contribution < -0.4 is 5.90 Å². The van der Waals surface area contributed by atoms with E-state index in [0.717, 1.165) is 5.56 Å². The fourth-order valence-corrected chi connectivity index (χ4v) is 1.64. The summed E-state index contributed by atoms with van der Waals surface area (Å²) in [5, 5.41) is 1.26. The minimum Gasteiger partial charge on any atom is -0.304 e. The number of benzene rings is 1. The average Bonchev–Trinajstić information content (AvgIpc) is 2.03. The van der Waals surface area contributed by atoms with Crippen LogP contribution in [0.2, 0.25) is 10.0 Å². The molecular weight excluding hydrogens is 209 g/mol. The molecule has 0 saturated heterocycles. The summed E-state index contributed by atoms with van der Waals surface area (Å²) in [5.74, 6) is 5.17. The Hall–Kier alpha value is -0.280. The van der Waals surface area contributed by atoms with Crippen molar-refractivity contribution in [1.29, 1.82) is 0 Å². The van der Waals surface area contributed by atoms with E-state index >= 15 is 0 Å². The minimum atomic E-state index is 0.196. The van der Waals surface area contributed by atoms with Crippen LogP contribution in [0.25, 0.3) is 0 Å². The van der Waals surface area contributed by atoms with Crippen LogP contribution >= 0.6 is 23.2 Å². The lowest BCUT2D eigenvalue weighted by Gasteiger charge is -2.10. The Morgan fingerprint density at radius 1 is 1.31 bits per heavy atom. The molecule has 0 heterocycles. The first kappa shape index (κ1) is 10.8. The number of nitrogens with two attached hydrogens (primary N) is 1. The maximum absolute atomic E-state index is 5.84. The molecule has 1 unspecified atom stereocenters. The molecular formula is C9H11Cl2NO. The van der Waals surface area contributed by atoms with Gasteiger partial charge in [-0.15, -0.1) is 0 Å². The Labute approximate surface area is 87.5 Å². The third kappa shape index (κ3) is 3.16. The van der Waals surface area contributed by atoms with Gasteiger partial charge in [0.15, 0.2) is 0 Å². The summed E-state index contributed by atoms with van der Waals surface area (Å²) in [5.41, 5.74) is 1.03. The monoisotopic (exact) mass is 219 g/mol. The lowest BCUT2D eigenvalue weighted by atomic mass is 10.0. The highest BCUT2D eigenvalue weighted by atomic mass is 35.5. The van der Waals surface area contributed by atoms with Gasteiger partial charge in [-0.2, -0.15) is 0 Å². The van der Waals surface area contributed by atoms with Gasteiger partial charge in [0.05, 0.1) is 6.61 Å². The van der Waals surface area contributed by atoms with Crippen LogP contribution in [0.15, 0.2) is 18.2 Å². The van der Waals surface area contributed by atoms with Crippen LogP contribution in [0.3, 0.4) is 0 Å². The van der Waals surface area contributed by atoms with E-state index in [0.29, 0.717) is 16.7 Å². The Kier molecular flexibility index (Phi) is 4.00. The molecule has 72 valence electrons. The molecule has 1 aromatic carbocycles. The van der Waals surface area contributed by atoms with Gasteiger partial charge in [-0.05, 0) is 23.8 Å². The maximum atomic E-state index is 5.84. The molecule has 0 bridgehead atoms. The van der Waals surface area contributed by atoms with E-state index in [1.54, 1.807) is 6.07 Å². The number of rotatable bonds is 3. The molecule has 1 atom stereocenters. The molecule has 13 heavy (non-hydrogen) atoms. The van der Waals surface area contributed by atoms with Gasteiger partial charge in [0.1, 0.15) is 0 Å². The van der Waals surface area contributed by atoms with E-state index in [1.165, 1.54) is 0 Å². The van der Waals surface area contributed by atoms with Crippen molar-refractivity contribution in [2.24, 2.45) is 5.90 Å². The van der Waals surface area contributed by atoms with Crippen molar-refractivity contribution in [3.8, 4) is 0 Å². The van der Waals surface area contributed by atoms with E-state index in [1.807, 2.05) is 19.1 Å². The molecule has 0 saturated carbocycles. The second-order valence-corrected chi connectivity index (χ2v) is 3.81. The number of hydrogen-bond acceptors (Lipinski definition) is 2. The Balaban J connectivity index is 2.87. The van der Waals surface area contributed by atoms with Gasteiger partial charge in [0.2, 0.25) is 0 Å². The smallest absolute Gasteiger partial charge is 0.0745 e. The molecule has 0 amide bonds. The molecule has 0 fully saturated rings. The van der Waals surface area contributed by atoms with Crippen LogP contribution in [0.4, 0.5) is 0 Å². The summed E-state index contributed by atoms with van der Waals surface area (Å²) in [4.78, 5) is 4.55. The first-order chi connectivity index (χ1) is 6.13. The quantitative estimate of drug-likeness (QED) is 0.794. The standard InChI is InChI=1S/C9H11Cl2NO/c1-6(5-13-12)7-2-8(10)4-9(11)3-7/h2-4,6H,5,12H2,1H3. The predicted octanol–water partition coefficient (Wildman–Crippen LogP) is 2.99. The molecule has 4 heteroatoms. The first-order valence-electron chi connectivity index (χ1n) is 3.91. The molecule has 1 aromatic rings. The van der Waals surface area contributed by atoms with E-state index < -0.39 is 0 Å². The highest BCUT2D eigenvalue weighted by Crippen LogP contribution is 2.24. The predicted molar refractivity (Wildman–Crippen MR) is 55.0 cm³/mol. The molecule has 0 aliphatic heterocycles. The van der Waals surface area contributed by atoms with Gasteiger partial charge < -0.3 is 4.84 Å². The normalized spacial score (nSPS) is 12.9. The Morgan fingerprint density at radius 2 is 1.85 bits per heavy atom. The lowest BCUT2D eigenvalue weighted by Crippen LogP contribution is -2.08. The highest BCUT2D eigenvalue weighted by Gasteiger charge is 2.06. The van der Waals surface area contributed by atoms with Crippen LogP contribution in [0, 0.1) is 0 Å². The van der Waals surface area contributed by atoms with Crippen molar-refractivity contribution in [3.63, 3.8) is 0 Å².